The highest BCUT2D eigenvalue weighted by atomic mass is 32.1. The van der Waals surface area contributed by atoms with E-state index in [9.17, 15) is 4.79 Å². The van der Waals surface area contributed by atoms with Crippen LogP contribution in [-0.2, 0) is 16.0 Å². The second-order valence-electron chi connectivity index (χ2n) is 6.77. The third-order valence-corrected chi connectivity index (χ3v) is 5.57. The number of esters is 1. The SMILES string of the molecule is COC(=O)C(Cc1ccc(C)cc1)NC(=S)C1(CCN)CCCC1. The average Bonchev–Trinajstić information content (AvgIpc) is 3.05. The summed E-state index contributed by atoms with van der Waals surface area (Å²) in [6.45, 7) is 2.66. The largest absolute Gasteiger partial charge is 0.467 e. The molecule has 24 heavy (non-hydrogen) atoms. The summed E-state index contributed by atoms with van der Waals surface area (Å²) >= 11 is 5.70. The minimum Gasteiger partial charge on any atom is -0.467 e. The highest BCUT2D eigenvalue weighted by Gasteiger charge is 2.38. The van der Waals surface area contributed by atoms with Crippen LogP contribution >= 0.6 is 12.2 Å². The van der Waals surface area contributed by atoms with E-state index in [0.717, 1.165) is 29.8 Å². The van der Waals surface area contributed by atoms with Crippen molar-refractivity contribution in [3.05, 3.63) is 35.4 Å². The number of carbonyl (C=O) groups excluding carboxylic acids is 1. The molecule has 4 nitrogen and oxygen atoms in total. The van der Waals surface area contributed by atoms with Crippen LogP contribution in [0.4, 0.5) is 0 Å². The molecule has 0 amide bonds. The van der Waals surface area contributed by atoms with Gasteiger partial charge in [-0.3, -0.25) is 0 Å². The minimum atomic E-state index is -0.458. The number of carbonyl (C=O) groups is 1. The molecule has 1 aliphatic rings. The fourth-order valence-electron chi connectivity index (χ4n) is 3.53. The molecule has 1 fully saturated rings. The van der Waals surface area contributed by atoms with Crippen LogP contribution in [0.3, 0.4) is 0 Å². The van der Waals surface area contributed by atoms with Crippen molar-refractivity contribution in [1.29, 1.82) is 0 Å². The third-order valence-electron chi connectivity index (χ3n) is 5.02. The zero-order valence-corrected chi connectivity index (χ0v) is 15.5. The van der Waals surface area contributed by atoms with Gasteiger partial charge in [0.05, 0.1) is 12.1 Å². The van der Waals surface area contributed by atoms with Crippen molar-refractivity contribution in [2.24, 2.45) is 11.1 Å². The molecule has 1 aliphatic carbocycles. The van der Waals surface area contributed by atoms with Crippen molar-refractivity contribution in [1.82, 2.24) is 5.32 Å². The Bertz CT molecular complexity index is 565. The molecule has 1 atom stereocenters. The molecule has 0 aromatic heterocycles. The van der Waals surface area contributed by atoms with Crippen LogP contribution in [-0.4, -0.2) is 30.7 Å². The standard InChI is InChI=1S/C19H28N2O2S/c1-14-5-7-15(8-6-14)13-16(17(22)23-2)21-18(24)19(11-12-20)9-3-4-10-19/h5-8,16H,3-4,9-13,20H2,1-2H3,(H,21,24). The molecule has 0 bridgehead atoms. The number of nitrogens with two attached hydrogens (primary N) is 1. The van der Waals surface area contributed by atoms with E-state index in [0.29, 0.717) is 13.0 Å². The van der Waals surface area contributed by atoms with Gasteiger partial charge in [0.1, 0.15) is 6.04 Å². The smallest absolute Gasteiger partial charge is 0.328 e. The van der Waals surface area contributed by atoms with Crippen LogP contribution in [0.2, 0.25) is 0 Å². The first-order valence-electron chi connectivity index (χ1n) is 8.65. The lowest BCUT2D eigenvalue weighted by molar-refractivity contribution is -0.142. The van der Waals surface area contributed by atoms with Crippen LogP contribution in [0.25, 0.3) is 0 Å². The Morgan fingerprint density at radius 2 is 1.96 bits per heavy atom. The van der Waals surface area contributed by atoms with E-state index >= 15 is 0 Å². The molecule has 1 aromatic rings. The summed E-state index contributed by atoms with van der Waals surface area (Å²) < 4.78 is 4.98. The maximum atomic E-state index is 12.2. The first kappa shape index (κ1) is 18.9. The highest BCUT2D eigenvalue weighted by Crippen LogP contribution is 2.41. The maximum Gasteiger partial charge on any atom is 0.328 e. The van der Waals surface area contributed by atoms with Gasteiger partial charge >= 0.3 is 5.97 Å². The molecule has 0 aliphatic heterocycles. The third kappa shape index (κ3) is 4.54. The number of thiocarbonyl (C=S) groups is 1. The Kier molecular flexibility index (Phi) is 6.75. The maximum absolute atomic E-state index is 12.2. The van der Waals surface area contributed by atoms with Crippen molar-refractivity contribution < 1.29 is 9.53 Å². The van der Waals surface area contributed by atoms with Crippen LogP contribution in [0.15, 0.2) is 24.3 Å². The molecule has 0 saturated heterocycles. The summed E-state index contributed by atoms with van der Waals surface area (Å²) in [5.41, 5.74) is 8.04. The lowest BCUT2D eigenvalue weighted by Crippen LogP contribution is -2.48. The predicted molar refractivity (Wildman–Crippen MR) is 101 cm³/mol. The fraction of sp³-hybridized carbons (Fsp3) is 0.579. The predicted octanol–water partition coefficient (Wildman–Crippen LogP) is 2.91. The van der Waals surface area contributed by atoms with Gasteiger partial charge in [0, 0.05) is 11.8 Å². The lowest BCUT2D eigenvalue weighted by atomic mass is 9.82. The minimum absolute atomic E-state index is 0.0520. The van der Waals surface area contributed by atoms with E-state index in [1.165, 1.54) is 25.5 Å². The van der Waals surface area contributed by atoms with Crippen molar-refractivity contribution in [3.8, 4) is 0 Å². The van der Waals surface area contributed by atoms with Crippen LogP contribution < -0.4 is 11.1 Å². The van der Waals surface area contributed by atoms with Crippen molar-refractivity contribution in [2.45, 2.75) is 51.5 Å². The number of nitrogens with one attached hydrogen (secondary N) is 1. The number of rotatable bonds is 7. The molecule has 5 heteroatoms. The van der Waals surface area contributed by atoms with E-state index in [1.807, 2.05) is 19.1 Å². The van der Waals surface area contributed by atoms with Gasteiger partial charge in [-0.25, -0.2) is 4.79 Å². The van der Waals surface area contributed by atoms with Crippen LogP contribution in [0.1, 0.15) is 43.2 Å². The molecule has 132 valence electrons. The fourth-order valence-corrected chi connectivity index (χ4v) is 3.97. The molecular weight excluding hydrogens is 320 g/mol. The van der Waals surface area contributed by atoms with Gasteiger partial charge < -0.3 is 15.8 Å². The van der Waals surface area contributed by atoms with Gasteiger partial charge in [-0.15, -0.1) is 0 Å². The van der Waals surface area contributed by atoms with E-state index in [2.05, 4.69) is 17.4 Å². The first-order valence-corrected chi connectivity index (χ1v) is 9.06. The quantitative estimate of drug-likeness (QED) is 0.586. The van der Waals surface area contributed by atoms with Gasteiger partial charge in [-0.1, -0.05) is 54.9 Å². The topological polar surface area (TPSA) is 64.3 Å². The Balaban J connectivity index is 2.11. The zero-order valence-electron chi connectivity index (χ0n) is 14.6. The molecule has 0 spiro atoms. The summed E-state index contributed by atoms with van der Waals surface area (Å²) in [6.07, 6.45) is 5.87. The van der Waals surface area contributed by atoms with E-state index in [-0.39, 0.29) is 11.4 Å². The van der Waals surface area contributed by atoms with Crippen molar-refractivity contribution in [3.63, 3.8) is 0 Å². The molecule has 0 radical (unpaired) electrons. The Morgan fingerprint density at radius 3 is 2.50 bits per heavy atom. The number of aryl methyl sites for hydroxylation is 1. The van der Waals surface area contributed by atoms with Crippen molar-refractivity contribution >= 4 is 23.2 Å². The van der Waals surface area contributed by atoms with Crippen LogP contribution in [0, 0.1) is 12.3 Å². The Morgan fingerprint density at radius 1 is 1.33 bits per heavy atom. The van der Waals surface area contributed by atoms with Gasteiger partial charge in [0.15, 0.2) is 0 Å². The average molecular weight is 349 g/mol. The number of benzene rings is 1. The molecular formula is C19H28N2O2S. The Hall–Kier alpha value is -1.46. The number of hydrogen-bond acceptors (Lipinski definition) is 4. The summed E-state index contributed by atoms with van der Waals surface area (Å²) in [5.74, 6) is -0.279. The van der Waals surface area contributed by atoms with E-state index in [1.54, 1.807) is 0 Å². The van der Waals surface area contributed by atoms with E-state index < -0.39 is 6.04 Å². The molecule has 2 rings (SSSR count). The highest BCUT2D eigenvalue weighted by molar-refractivity contribution is 7.80. The van der Waals surface area contributed by atoms with Gasteiger partial charge in [0.25, 0.3) is 0 Å². The second kappa shape index (κ2) is 8.58. The zero-order chi connectivity index (χ0) is 17.6. The molecule has 1 aromatic carbocycles. The summed E-state index contributed by atoms with van der Waals surface area (Å²) in [7, 11) is 1.42. The lowest BCUT2D eigenvalue weighted by Gasteiger charge is -2.32. The van der Waals surface area contributed by atoms with E-state index in [4.69, 9.17) is 22.7 Å². The van der Waals surface area contributed by atoms with Crippen molar-refractivity contribution in [2.75, 3.05) is 13.7 Å². The van der Waals surface area contributed by atoms with Gasteiger partial charge in [-0.2, -0.15) is 0 Å². The second-order valence-corrected chi connectivity index (χ2v) is 7.17. The number of ether oxygens (including phenoxy) is 1. The molecule has 0 heterocycles. The summed E-state index contributed by atoms with van der Waals surface area (Å²) in [6, 6.07) is 7.73. The monoisotopic (exact) mass is 348 g/mol. The molecule has 1 unspecified atom stereocenters. The number of hydrogen-bond donors (Lipinski definition) is 2. The van der Waals surface area contributed by atoms with Gasteiger partial charge in [0.2, 0.25) is 0 Å². The molecule has 1 saturated carbocycles. The molecule has 3 N–H and O–H groups in total. The van der Waals surface area contributed by atoms with Gasteiger partial charge in [-0.05, 0) is 38.3 Å². The summed E-state index contributed by atoms with van der Waals surface area (Å²) in [4.78, 5) is 13.0. The Labute approximate surface area is 150 Å². The number of methoxy groups -OCH3 is 1. The first-order chi connectivity index (χ1) is 11.5. The normalized spacial score (nSPS) is 17.3. The summed E-state index contributed by atoms with van der Waals surface area (Å²) in [5, 5.41) is 3.30. The van der Waals surface area contributed by atoms with Crippen LogP contribution in [0.5, 0.6) is 0 Å².